The van der Waals surface area contributed by atoms with Gasteiger partial charge < -0.3 is 20.6 Å². The first-order valence-corrected chi connectivity index (χ1v) is 8.08. The SMILES string of the molecule is O=C(N[C@@H](CO)[C@@H](O)c1ccccc1)c1cc(-c2ccc(O)cc2)n[nH]1. The van der Waals surface area contributed by atoms with E-state index in [1.165, 1.54) is 12.1 Å². The zero-order chi connectivity index (χ0) is 18.5. The Morgan fingerprint density at radius 3 is 2.46 bits per heavy atom. The quantitative estimate of drug-likeness (QED) is 0.461. The molecule has 26 heavy (non-hydrogen) atoms. The highest BCUT2D eigenvalue weighted by Crippen LogP contribution is 2.21. The Labute approximate surface area is 149 Å². The zero-order valence-corrected chi connectivity index (χ0v) is 13.8. The van der Waals surface area contributed by atoms with Gasteiger partial charge in [0.25, 0.3) is 5.91 Å². The van der Waals surface area contributed by atoms with Crippen LogP contribution in [0.1, 0.15) is 22.2 Å². The van der Waals surface area contributed by atoms with Crippen molar-refractivity contribution in [2.24, 2.45) is 0 Å². The maximum absolute atomic E-state index is 12.4. The second-order valence-corrected chi connectivity index (χ2v) is 5.83. The Kier molecular flexibility index (Phi) is 5.31. The van der Waals surface area contributed by atoms with Gasteiger partial charge in [-0.15, -0.1) is 0 Å². The minimum Gasteiger partial charge on any atom is -0.508 e. The van der Waals surface area contributed by atoms with Crippen LogP contribution in [0.15, 0.2) is 60.7 Å². The van der Waals surface area contributed by atoms with Gasteiger partial charge in [-0.3, -0.25) is 9.89 Å². The van der Waals surface area contributed by atoms with Crippen LogP contribution in [0.5, 0.6) is 5.75 Å². The molecule has 0 aliphatic carbocycles. The van der Waals surface area contributed by atoms with E-state index >= 15 is 0 Å². The van der Waals surface area contributed by atoms with Crippen molar-refractivity contribution in [1.82, 2.24) is 15.5 Å². The van der Waals surface area contributed by atoms with E-state index in [1.54, 1.807) is 42.5 Å². The third kappa shape index (κ3) is 3.90. The summed E-state index contributed by atoms with van der Waals surface area (Å²) in [6, 6.07) is 15.9. The fourth-order valence-electron chi connectivity index (χ4n) is 2.57. The summed E-state index contributed by atoms with van der Waals surface area (Å²) in [4.78, 5) is 12.4. The molecule has 5 N–H and O–H groups in total. The molecular formula is C19H19N3O4. The van der Waals surface area contributed by atoms with Gasteiger partial charge in [0.2, 0.25) is 0 Å². The Bertz CT molecular complexity index is 862. The number of aliphatic hydroxyl groups is 2. The van der Waals surface area contributed by atoms with Crippen LogP contribution in [0.2, 0.25) is 0 Å². The van der Waals surface area contributed by atoms with Gasteiger partial charge in [-0.25, -0.2) is 0 Å². The number of carbonyl (C=O) groups excluding carboxylic acids is 1. The summed E-state index contributed by atoms with van der Waals surface area (Å²) in [6.07, 6.45) is -1.04. The molecule has 1 heterocycles. The van der Waals surface area contributed by atoms with Crippen LogP contribution in [0.4, 0.5) is 0 Å². The topological polar surface area (TPSA) is 118 Å². The van der Waals surface area contributed by atoms with Gasteiger partial charge in [0.1, 0.15) is 17.5 Å². The summed E-state index contributed by atoms with van der Waals surface area (Å²) < 4.78 is 0. The highest BCUT2D eigenvalue weighted by molar-refractivity contribution is 5.93. The molecule has 0 fully saturated rings. The van der Waals surface area contributed by atoms with E-state index in [-0.39, 0.29) is 11.4 Å². The van der Waals surface area contributed by atoms with Crippen LogP contribution < -0.4 is 5.32 Å². The number of aromatic nitrogens is 2. The molecule has 0 unspecified atom stereocenters. The molecule has 0 spiro atoms. The lowest BCUT2D eigenvalue weighted by atomic mass is 10.0. The van der Waals surface area contributed by atoms with Gasteiger partial charge >= 0.3 is 0 Å². The molecule has 7 heteroatoms. The van der Waals surface area contributed by atoms with Crippen molar-refractivity contribution in [2.45, 2.75) is 12.1 Å². The zero-order valence-electron chi connectivity index (χ0n) is 13.8. The molecule has 134 valence electrons. The molecular weight excluding hydrogens is 334 g/mol. The number of aromatic hydroxyl groups is 1. The number of aliphatic hydroxyl groups excluding tert-OH is 2. The second-order valence-electron chi connectivity index (χ2n) is 5.83. The van der Waals surface area contributed by atoms with E-state index < -0.39 is 24.7 Å². The average molecular weight is 353 g/mol. The number of phenols is 1. The van der Waals surface area contributed by atoms with Gasteiger partial charge in [0.15, 0.2) is 0 Å². The minimum absolute atomic E-state index is 0.142. The second kappa shape index (κ2) is 7.81. The van der Waals surface area contributed by atoms with Gasteiger partial charge in [0.05, 0.1) is 18.3 Å². The highest BCUT2D eigenvalue weighted by atomic mass is 16.3. The molecule has 7 nitrogen and oxygen atoms in total. The van der Waals surface area contributed by atoms with Crippen molar-refractivity contribution < 1.29 is 20.1 Å². The molecule has 0 saturated carbocycles. The number of rotatable bonds is 6. The van der Waals surface area contributed by atoms with Gasteiger partial charge in [-0.2, -0.15) is 5.10 Å². The van der Waals surface area contributed by atoms with Crippen molar-refractivity contribution in [3.63, 3.8) is 0 Å². The Hall–Kier alpha value is -3.16. The lowest BCUT2D eigenvalue weighted by Gasteiger charge is -2.22. The highest BCUT2D eigenvalue weighted by Gasteiger charge is 2.23. The fourth-order valence-corrected chi connectivity index (χ4v) is 2.57. The minimum atomic E-state index is -1.04. The van der Waals surface area contributed by atoms with E-state index in [4.69, 9.17) is 0 Å². The number of hydrogen-bond acceptors (Lipinski definition) is 5. The maximum Gasteiger partial charge on any atom is 0.269 e. The summed E-state index contributed by atoms with van der Waals surface area (Å²) in [6.45, 7) is -0.416. The molecule has 0 saturated heterocycles. The average Bonchev–Trinajstić information content (AvgIpc) is 3.17. The molecule has 3 rings (SSSR count). The summed E-state index contributed by atoms with van der Waals surface area (Å²) in [5.41, 5.74) is 2.08. The molecule has 1 aromatic heterocycles. The summed E-state index contributed by atoms with van der Waals surface area (Å²) >= 11 is 0. The first-order chi connectivity index (χ1) is 12.6. The first kappa shape index (κ1) is 17.7. The van der Waals surface area contributed by atoms with Crippen molar-refractivity contribution in [2.75, 3.05) is 6.61 Å². The van der Waals surface area contributed by atoms with E-state index in [2.05, 4.69) is 15.5 Å². The van der Waals surface area contributed by atoms with E-state index in [0.717, 1.165) is 5.56 Å². The number of nitrogens with zero attached hydrogens (tertiary/aromatic N) is 1. The number of benzene rings is 2. The van der Waals surface area contributed by atoms with Crippen LogP contribution in [0.25, 0.3) is 11.3 Å². The molecule has 0 radical (unpaired) electrons. The van der Waals surface area contributed by atoms with Crippen LogP contribution in [-0.4, -0.2) is 44.1 Å². The Balaban J connectivity index is 1.72. The Morgan fingerprint density at radius 2 is 1.81 bits per heavy atom. The number of carbonyl (C=O) groups is 1. The van der Waals surface area contributed by atoms with Gasteiger partial charge in [-0.1, -0.05) is 30.3 Å². The molecule has 0 aliphatic rings. The van der Waals surface area contributed by atoms with Gasteiger partial charge in [0, 0.05) is 5.56 Å². The summed E-state index contributed by atoms with van der Waals surface area (Å²) in [7, 11) is 0. The molecule has 0 aliphatic heterocycles. The normalized spacial score (nSPS) is 13.2. The Morgan fingerprint density at radius 1 is 1.12 bits per heavy atom. The van der Waals surface area contributed by atoms with E-state index in [1.807, 2.05) is 6.07 Å². The standard InChI is InChI=1S/C19H19N3O4/c23-11-17(18(25)13-4-2-1-3-5-13)20-19(26)16-10-15(21-22-16)12-6-8-14(24)9-7-12/h1-10,17-18,23-25H,11H2,(H,20,26)(H,21,22)/t17-,18-/m0/s1. The molecule has 2 aromatic carbocycles. The lowest BCUT2D eigenvalue weighted by Crippen LogP contribution is -2.42. The third-order valence-electron chi connectivity index (χ3n) is 4.02. The van der Waals surface area contributed by atoms with Crippen LogP contribution in [0.3, 0.4) is 0 Å². The largest absolute Gasteiger partial charge is 0.508 e. The summed E-state index contributed by atoms with van der Waals surface area (Å²) in [5.74, 6) is -0.348. The maximum atomic E-state index is 12.4. The third-order valence-corrected chi connectivity index (χ3v) is 4.02. The monoisotopic (exact) mass is 353 g/mol. The molecule has 2 atom stereocenters. The molecule has 1 amide bonds. The van der Waals surface area contributed by atoms with Crippen molar-refractivity contribution in [1.29, 1.82) is 0 Å². The number of H-pyrrole nitrogens is 1. The lowest BCUT2D eigenvalue weighted by molar-refractivity contribution is 0.0699. The fraction of sp³-hybridized carbons (Fsp3) is 0.158. The predicted octanol–water partition coefficient (Wildman–Crippen LogP) is 1.61. The number of nitrogens with one attached hydrogen (secondary N) is 2. The van der Waals surface area contributed by atoms with Crippen LogP contribution >= 0.6 is 0 Å². The van der Waals surface area contributed by atoms with Crippen molar-refractivity contribution in [3.8, 4) is 17.0 Å². The first-order valence-electron chi connectivity index (χ1n) is 8.08. The molecule has 3 aromatic rings. The van der Waals surface area contributed by atoms with Crippen LogP contribution in [-0.2, 0) is 0 Å². The number of aromatic amines is 1. The molecule has 0 bridgehead atoms. The van der Waals surface area contributed by atoms with Crippen LogP contribution in [0, 0.1) is 0 Å². The number of phenolic OH excluding ortho intramolecular Hbond substituents is 1. The van der Waals surface area contributed by atoms with E-state index in [0.29, 0.717) is 11.3 Å². The number of hydrogen-bond donors (Lipinski definition) is 5. The van der Waals surface area contributed by atoms with Crippen molar-refractivity contribution in [3.05, 3.63) is 71.9 Å². The summed E-state index contributed by atoms with van der Waals surface area (Å²) in [5, 5.41) is 38.6. The van der Waals surface area contributed by atoms with Crippen molar-refractivity contribution >= 4 is 5.91 Å². The van der Waals surface area contributed by atoms with Gasteiger partial charge in [-0.05, 0) is 35.9 Å². The predicted molar refractivity (Wildman–Crippen MR) is 95.4 cm³/mol. The van der Waals surface area contributed by atoms with E-state index in [9.17, 15) is 20.1 Å². The smallest absolute Gasteiger partial charge is 0.269 e. The number of amides is 1.